The molecule has 0 amide bonds. The predicted octanol–water partition coefficient (Wildman–Crippen LogP) is 5.60. The molecule has 0 heterocycles. The van der Waals surface area contributed by atoms with E-state index in [2.05, 4.69) is 6.92 Å². The van der Waals surface area contributed by atoms with Gasteiger partial charge >= 0.3 is 0 Å². The van der Waals surface area contributed by atoms with E-state index in [9.17, 15) is 13.6 Å². The molecule has 0 aliphatic heterocycles. The molecule has 1 nitrogen and oxygen atoms in total. The molecule has 0 spiro atoms. The topological polar surface area (TPSA) is 17.1 Å². The standard InChI is InChI=1S/C17H24F2O/c1-3-4-5-6-7-8-9-10-15(20)16-14(18)12-11-13(2)17(16)19/h11-12H,3-10H2,1-2H3. The molecule has 0 radical (unpaired) electrons. The van der Waals surface area contributed by atoms with E-state index in [1.807, 2.05) is 0 Å². The molecule has 0 saturated carbocycles. The van der Waals surface area contributed by atoms with Crippen LogP contribution >= 0.6 is 0 Å². The second kappa shape index (κ2) is 8.83. The maximum atomic E-state index is 13.8. The number of carbonyl (C=O) groups is 1. The number of halogens is 2. The fourth-order valence-electron chi connectivity index (χ4n) is 2.28. The Balaban J connectivity index is 2.38. The SMILES string of the molecule is CCCCCCCCCC(=O)c1c(F)ccc(C)c1F. The monoisotopic (exact) mass is 282 g/mol. The smallest absolute Gasteiger partial charge is 0.168 e. The zero-order chi connectivity index (χ0) is 15.0. The van der Waals surface area contributed by atoms with Gasteiger partial charge in [0.1, 0.15) is 11.6 Å². The summed E-state index contributed by atoms with van der Waals surface area (Å²) >= 11 is 0. The first-order valence-electron chi connectivity index (χ1n) is 7.55. The van der Waals surface area contributed by atoms with Gasteiger partial charge < -0.3 is 0 Å². The molecule has 0 fully saturated rings. The summed E-state index contributed by atoms with van der Waals surface area (Å²) in [5.74, 6) is -1.88. The Morgan fingerprint density at radius 1 is 1.00 bits per heavy atom. The molecule has 0 atom stereocenters. The van der Waals surface area contributed by atoms with Crippen LogP contribution in [0.2, 0.25) is 0 Å². The Kier molecular flexibility index (Phi) is 7.42. The summed E-state index contributed by atoms with van der Waals surface area (Å²) in [6, 6.07) is 2.52. The number of rotatable bonds is 9. The summed E-state index contributed by atoms with van der Waals surface area (Å²) in [5.41, 5.74) is -0.0506. The Morgan fingerprint density at radius 2 is 1.60 bits per heavy atom. The molecule has 0 aliphatic rings. The number of aryl methyl sites for hydroxylation is 1. The van der Waals surface area contributed by atoms with Crippen LogP contribution in [0.4, 0.5) is 8.78 Å². The number of hydrogen-bond acceptors (Lipinski definition) is 1. The molecule has 20 heavy (non-hydrogen) atoms. The van der Waals surface area contributed by atoms with Crippen LogP contribution < -0.4 is 0 Å². The van der Waals surface area contributed by atoms with E-state index in [0.717, 1.165) is 18.9 Å². The molecule has 0 unspecified atom stereocenters. The fraction of sp³-hybridized carbons (Fsp3) is 0.588. The van der Waals surface area contributed by atoms with Crippen molar-refractivity contribution in [1.29, 1.82) is 0 Å². The Labute approximate surface area is 120 Å². The van der Waals surface area contributed by atoms with Gasteiger partial charge in [-0.25, -0.2) is 8.78 Å². The van der Waals surface area contributed by atoms with Crippen molar-refractivity contribution in [3.05, 3.63) is 34.9 Å². The number of ketones is 1. The first-order chi connectivity index (χ1) is 9.57. The van der Waals surface area contributed by atoms with Gasteiger partial charge in [0.2, 0.25) is 0 Å². The normalized spacial score (nSPS) is 10.8. The zero-order valence-electron chi connectivity index (χ0n) is 12.5. The average Bonchev–Trinajstić information content (AvgIpc) is 2.42. The van der Waals surface area contributed by atoms with Gasteiger partial charge in [-0.05, 0) is 25.0 Å². The third-order valence-electron chi connectivity index (χ3n) is 3.57. The molecule has 3 heteroatoms. The predicted molar refractivity (Wildman–Crippen MR) is 78.0 cm³/mol. The lowest BCUT2D eigenvalue weighted by molar-refractivity contribution is 0.0970. The van der Waals surface area contributed by atoms with E-state index < -0.39 is 17.4 Å². The summed E-state index contributed by atoms with van der Waals surface area (Å²) in [6.07, 6.45) is 7.84. The molecule has 1 aromatic carbocycles. The number of unbranched alkanes of at least 4 members (excludes halogenated alkanes) is 6. The van der Waals surface area contributed by atoms with Gasteiger partial charge in [0.25, 0.3) is 0 Å². The fourth-order valence-corrected chi connectivity index (χ4v) is 2.28. The van der Waals surface area contributed by atoms with Crippen molar-refractivity contribution < 1.29 is 13.6 Å². The first kappa shape index (κ1) is 16.8. The van der Waals surface area contributed by atoms with Gasteiger partial charge in [0.15, 0.2) is 5.78 Å². The highest BCUT2D eigenvalue weighted by Gasteiger charge is 2.18. The zero-order valence-corrected chi connectivity index (χ0v) is 12.5. The van der Waals surface area contributed by atoms with Crippen LogP contribution in [0.25, 0.3) is 0 Å². The lowest BCUT2D eigenvalue weighted by atomic mass is 10.0. The maximum absolute atomic E-state index is 13.8. The first-order valence-corrected chi connectivity index (χ1v) is 7.55. The van der Waals surface area contributed by atoms with Crippen LogP contribution in [-0.2, 0) is 0 Å². The van der Waals surface area contributed by atoms with Crippen molar-refractivity contribution in [1.82, 2.24) is 0 Å². The molecule has 0 N–H and O–H groups in total. The Morgan fingerprint density at radius 3 is 2.25 bits per heavy atom. The van der Waals surface area contributed by atoms with Crippen molar-refractivity contribution in [3.63, 3.8) is 0 Å². The number of Topliss-reactive ketones (excluding diaryl/α,β-unsaturated/α-hetero) is 1. The molecule has 0 aromatic heterocycles. The minimum atomic E-state index is -0.749. The van der Waals surface area contributed by atoms with E-state index in [0.29, 0.717) is 12.0 Å². The van der Waals surface area contributed by atoms with Crippen molar-refractivity contribution in [2.24, 2.45) is 0 Å². The lowest BCUT2D eigenvalue weighted by Crippen LogP contribution is -2.07. The summed E-state index contributed by atoms with van der Waals surface area (Å²) in [4.78, 5) is 11.9. The largest absolute Gasteiger partial charge is 0.294 e. The third-order valence-corrected chi connectivity index (χ3v) is 3.57. The van der Waals surface area contributed by atoms with Crippen LogP contribution in [0, 0.1) is 18.6 Å². The number of benzene rings is 1. The average molecular weight is 282 g/mol. The summed E-state index contributed by atoms with van der Waals surface area (Å²) in [5, 5.41) is 0. The molecular formula is C17H24F2O. The molecular weight excluding hydrogens is 258 g/mol. The molecule has 1 aromatic rings. The number of carbonyl (C=O) groups excluding carboxylic acids is 1. The van der Waals surface area contributed by atoms with Gasteiger partial charge in [0.05, 0.1) is 5.56 Å². The van der Waals surface area contributed by atoms with E-state index in [-0.39, 0.29) is 12.0 Å². The van der Waals surface area contributed by atoms with E-state index in [4.69, 9.17) is 0 Å². The molecule has 1 rings (SSSR count). The second-order valence-corrected chi connectivity index (χ2v) is 5.35. The third kappa shape index (κ3) is 5.03. The van der Waals surface area contributed by atoms with Crippen molar-refractivity contribution in [2.45, 2.75) is 65.2 Å². The van der Waals surface area contributed by atoms with Crippen LogP contribution in [0.5, 0.6) is 0 Å². The van der Waals surface area contributed by atoms with E-state index in [1.54, 1.807) is 6.92 Å². The van der Waals surface area contributed by atoms with Gasteiger partial charge in [-0.3, -0.25) is 4.79 Å². The van der Waals surface area contributed by atoms with Gasteiger partial charge in [-0.1, -0.05) is 51.5 Å². The minimum Gasteiger partial charge on any atom is -0.294 e. The minimum absolute atomic E-state index is 0.227. The highest BCUT2D eigenvalue weighted by molar-refractivity contribution is 5.96. The van der Waals surface area contributed by atoms with E-state index >= 15 is 0 Å². The van der Waals surface area contributed by atoms with Crippen molar-refractivity contribution in [2.75, 3.05) is 0 Å². The highest BCUT2D eigenvalue weighted by Crippen LogP contribution is 2.19. The van der Waals surface area contributed by atoms with Crippen LogP contribution in [0.1, 0.15) is 74.2 Å². The molecule has 112 valence electrons. The highest BCUT2D eigenvalue weighted by atomic mass is 19.1. The Bertz CT molecular complexity index is 441. The van der Waals surface area contributed by atoms with E-state index in [1.165, 1.54) is 31.7 Å². The summed E-state index contributed by atoms with van der Waals surface area (Å²) < 4.78 is 27.3. The van der Waals surface area contributed by atoms with Gasteiger partial charge in [-0.2, -0.15) is 0 Å². The van der Waals surface area contributed by atoms with Crippen LogP contribution in [-0.4, -0.2) is 5.78 Å². The summed E-state index contributed by atoms with van der Waals surface area (Å²) in [6.45, 7) is 3.71. The van der Waals surface area contributed by atoms with Crippen molar-refractivity contribution >= 4 is 5.78 Å². The van der Waals surface area contributed by atoms with Crippen LogP contribution in [0.15, 0.2) is 12.1 Å². The molecule has 0 aliphatic carbocycles. The van der Waals surface area contributed by atoms with Crippen LogP contribution in [0.3, 0.4) is 0 Å². The maximum Gasteiger partial charge on any atom is 0.168 e. The Hall–Kier alpha value is -1.25. The quantitative estimate of drug-likeness (QED) is 0.426. The van der Waals surface area contributed by atoms with Crippen molar-refractivity contribution in [3.8, 4) is 0 Å². The second-order valence-electron chi connectivity index (χ2n) is 5.35. The lowest BCUT2D eigenvalue weighted by Gasteiger charge is -2.06. The summed E-state index contributed by atoms with van der Waals surface area (Å²) in [7, 11) is 0. The molecule has 0 saturated heterocycles. The number of hydrogen-bond donors (Lipinski definition) is 0. The molecule has 0 bridgehead atoms. The van der Waals surface area contributed by atoms with Gasteiger partial charge in [-0.15, -0.1) is 0 Å². The van der Waals surface area contributed by atoms with Gasteiger partial charge in [0, 0.05) is 6.42 Å².